The predicted molar refractivity (Wildman–Crippen MR) is 136 cm³/mol. The molecule has 194 valence electrons. The van der Waals surface area contributed by atoms with Gasteiger partial charge < -0.3 is 0 Å². The third kappa shape index (κ3) is 3.63. The zero-order chi connectivity index (χ0) is 26.9. The number of hydrogen-bond donors (Lipinski definition) is 0. The fourth-order valence-electron chi connectivity index (χ4n) is 6.27. The molecule has 2 aliphatic carbocycles. The van der Waals surface area contributed by atoms with Crippen LogP contribution in [0.15, 0.2) is 48.9 Å². The lowest BCUT2D eigenvalue weighted by Gasteiger charge is -2.37. The van der Waals surface area contributed by atoms with Crippen molar-refractivity contribution in [3.63, 3.8) is 0 Å². The second kappa shape index (κ2) is 8.39. The summed E-state index contributed by atoms with van der Waals surface area (Å²) < 4.78 is 52.2. The molecule has 1 fully saturated rings. The Labute approximate surface area is 218 Å². The van der Waals surface area contributed by atoms with Gasteiger partial charge in [0.25, 0.3) is 0 Å². The van der Waals surface area contributed by atoms with Crippen LogP contribution in [0.2, 0.25) is 0 Å². The first-order valence-electron chi connectivity index (χ1n) is 12.2. The maximum atomic E-state index is 14.5. The van der Waals surface area contributed by atoms with Crippen molar-refractivity contribution < 1.29 is 17.2 Å². The van der Waals surface area contributed by atoms with E-state index in [0.717, 1.165) is 36.0 Å². The molecule has 0 N–H and O–H groups in total. The molecule has 0 radical (unpaired) electrons. The molecular weight excluding hydrogens is 510 g/mol. The average Bonchev–Trinajstić information content (AvgIpc) is 3.24. The largest absolute Gasteiger partial charge is 0.240 e. The van der Waals surface area contributed by atoms with Gasteiger partial charge in [-0.05, 0) is 54.0 Å². The van der Waals surface area contributed by atoms with E-state index < -0.39 is 26.9 Å². The molecule has 0 unspecified atom stereocenters. The summed E-state index contributed by atoms with van der Waals surface area (Å²) in [5, 5.41) is 8.84. The van der Waals surface area contributed by atoms with Crippen molar-refractivity contribution >= 4 is 9.84 Å². The third-order valence-electron chi connectivity index (χ3n) is 8.05. The molecular formula is C27H24F2N6O2S. The van der Waals surface area contributed by atoms with E-state index in [1.165, 1.54) is 30.6 Å². The molecule has 0 spiro atoms. The summed E-state index contributed by atoms with van der Waals surface area (Å²) in [5.74, 6) is -0.885. The van der Waals surface area contributed by atoms with Gasteiger partial charge in [0.05, 0.1) is 33.6 Å². The number of hydrogen-bond acceptors (Lipinski definition) is 8. The molecule has 8 nitrogen and oxygen atoms in total. The predicted octanol–water partition coefficient (Wildman–Crippen LogP) is 4.42. The molecule has 0 saturated heterocycles. The summed E-state index contributed by atoms with van der Waals surface area (Å²) in [6.45, 7) is 4.33. The number of rotatable bonds is 5. The molecule has 0 aliphatic heterocycles. The normalized spacial score (nSPS) is 21.4. The Hall–Kier alpha value is -3.73. The first-order valence-corrected chi connectivity index (χ1v) is 14.2. The first-order chi connectivity index (χ1) is 18.0. The van der Waals surface area contributed by atoms with Crippen LogP contribution in [0, 0.1) is 17.0 Å². The van der Waals surface area contributed by atoms with Crippen molar-refractivity contribution in [3.05, 3.63) is 83.3 Å². The highest BCUT2D eigenvalue weighted by molar-refractivity contribution is 7.89. The highest BCUT2D eigenvalue weighted by atomic mass is 32.2. The molecule has 6 rings (SSSR count). The summed E-state index contributed by atoms with van der Waals surface area (Å²) in [6, 6.07) is 7.39. The molecule has 4 aromatic rings. The van der Waals surface area contributed by atoms with E-state index in [-0.39, 0.29) is 34.2 Å². The van der Waals surface area contributed by atoms with E-state index in [2.05, 4.69) is 39.0 Å². The minimum Gasteiger partial charge on any atom is -0.240 e. The molecule has 3 aromatic heterocycles. The Balaban J connectivity index is 1.43. The minimum absolute atomic E-state index is 0.110. The van der Waals surface area contributed by atoms with E-state index in [1.54, 1.807) is 12.3 Å². The van der Waals surface area contributed by atoms with E-state index in [1.807, 2.05) is 6.07 Å². The monoisotopic (exact) mass is 534 g/mol. The first kappa shape index (κ1) is 24.6. The van der Waals surface area contributed by atoms with Gasteiger partial charge >= 0.3 is 0 Å². The summed E-state index contributed by atoms with van der Waals surface area (Å²) in [7, 11) is -3.26. The summed E-state index contributed by atoms with van der Waals surface area (Å²) >= 11 is 0. The summed E-state index contributed by atoms with van der Waals surface area (Å²) in [6.07, 6.45) is 7.50. The average molecular weight is 535 g/mol. The van der Waals surface area contributed by atoms with E-state index >= 15 is 0 Å². The van der Waals surface area contributed by atoms with Crippen LogP contribution in [-0.2, 0) is 21.0 Å². The second-order valence-electron chi connectivity index (χ2n) is 10.6. The van der Waals surface area contributed by atoms with Crippen LogP contribution in [-0.4, -0.2) is 44.8 Å². The zero-order valence-corrected chi connectivity index (χ0v) is 21.8. The number of nitrogens with zero attached hydrogens (tertiary/aromatic N) is 6. The van der Waals surface area contributed by atoms with E-state index in [9.17, 15) is 17.2 Å². The molecule has 3 heterocycles. The lowest BCUT2D eigenvalue weighted by molar-refractivity contribution is 0.243. The lowest BCUT2D eigenvalue weighted by Crippen LogP contribution is -2.38. The summed E-state index contributed by atoms with van der Waals surface area (Å²) in [5.41, 5.74) is 2.16. The number of aromatic nitrogens is 6. The SMILES string of the molecule is CC1(C)[C@H]2CC[C@@]1(c1ccnc(-c3cnc(CS(C)(=O)=O)nc3)n1)c1nnc(-c3c(F)cccc3F)cc12. The van der Waals surface area contributed by atoms with Gasteiger partial charge in [-0.25, -0.2) is 37.1 Å². The van der Waals surface area contributed by atoms with E-state index in [0.29, 0.717) is 11.4 Å². The van der Waals surface area contributed by atoms with Crippen molar-refractivity contribution in [3.8, 4) is 22.6 Å². The minimum atomic E-state index is -3.26. The molecule has 1 saturated carbocycles. The second-order valence-corrected chi connectivity index (χ2v) is 12.7. The standard InChI is InChI=1S/C27H24F2N6O2S/c1-26(2)17-7-9-27(26,24-16(17)11-20(34-35-24)23-18(28)5-4-6-19(23)29)21-8-10-30-25(33-21)15-12-31-22(32-13-15)14-38(3,36)37/h4-6,8,10-13,17H,7,9,14H2,1-3H3/t17-,27+/m0/s1. The van der Waals surface area contributed by atoms with E-state index in [4.69, 9.17) is 4.98 Å². The Kier molecular flexibility index (Phi) is 5.43. The fraction of sp³-hybridized carbons (Fsp3) is 0.333. The Morgan fingerprint density at radius 2 is 1.74 bits per heavy atom. The fourth-order valence-corrected chi connectivity index (χ4v) is 6.89. The molecule has 1 aromatic carbocycles. The number of benzene rings is 1. The molecule has 11 heteroatoms. The van der Waals surface area contributed by atoms with Crippen molar-refractivity contribution in [1.82, 2.24) is 30.1 Å². The lowest BCUT2D eigenvalue weighted by atomic mass is 9.66. The number of sulfone groups is 1. The van der Waals surface area contributed by atoms with Crippen LogP contribution in [0.1, 0.15) is 55.4 Å². The molecule has 2 aliphatic rings. The highest BCUT2D eigenvalue weighted by Crippen LogP contribution is 2.69. The van der Waals surface area contributed by atoms with Gasteiger partial charge in [0.15, 0.2) is 15.7 Å². The maximum absolute atomic E-state index is 14.5. The zero-order valence-electron chi connectivity index (χ0n) is 21.0. The maximum Gasteiger partial charge on any atom is 0.162 e. The topological polar surface area (TPSA) is 111 Å². The van der Waals surface area contributed by atoms with Crippen LogP contribution in [0.4, 0.5) is 8.78 Å². The number of halogens is 2. The van der Waals surface area contributed by atoms with Crippen LogP contribution < -0.4 is 0 Å². The Bertz CT molecular complexity index is 1670. The Morgan fingerprint density at radius 3 is 2.42 bits per heavy atom. The van der Waals surface area contributed by atoms with Gasteiger partial charge in [-0.15, -0.1) is 5.10 Å². The quantitative estimate of drug-likeness (QED) is 0.370. The number of fused-ring (bicyclic) bond motifs is 5. The van der Waals surface area contributed by atoms with Crippen LogP contribution >= 0.6 is 0 Å². The van der Waals surface area contributed by atoms with Gasteiger partial charge in [-0.2, -0.15) is 5.10 Å². The van der Waals surface area contributed by atoms with Gasteiger partial charge in [0, 0.05) is 24.8 Å². The van der Waals surface area contributed by atoms with Crippen LogP contribution in [0.5, 0.6) is 0 Å². The van der Waals surface area contributed by atoms with Gasteiger partial charge in [0.1, 0.15) is 23.2 Å². The van der Waals surface area contributed by atoms with Gasteiger partial charge in [-0.3, -0.25) is 0 Å². The van der Waals surface area contributed by atoms with Crippen molar-refractivity contribution in [1.29, 1.82) is 0 Å². The van der Waals surface area contributed by atoms with Crippen molar-refractivity contribution in [2.45, 2.75) is 43.8 Å². The summed E-state index contributed by atoms with van der Waals surface area (Å²) in [4.78, 5) is 17.7. The molecule has 0 amide bonds. The molecule has 2 atom stereocenters. The smallest absolute Gasteiger partial charge is 0.162 e. The van der Waals surface area contributed by atoms with Crippen LogP contribution in [0.25, 0.3) is 22.6 Å². The highest BCUT2D eigenvalue weighted by Gasteiger charge is 2.65. The molecule has 38 heavy (non-hydrogen) atoms. The van der Waals surface area contributed by atoms with Gasteiger partial charge in [-0.1, -0.05) is 19.9 Å². The van der Waals surface area contributed by atoms with Crippen molar-refractivity contribution in [2.75, 3.05) is 6.26 Å². The van der Waals surface area contributed by atoms with Gasteiger partial charge in [0.2, 0.25) is 0 Å². The van der Waals surface area contributed by atoms with Crippen molar-refractivity contribution in [2.24, 2.45) is 5.41 Å². The van der Waals surface area contributed by atoms with Crippen LogP contribution in [0.3, 0.4) is 0 Å². The Morgan fingerprint density at radius 1 is 1.03 bits per heavy atom. The third-order valence-corrected chi connectivity index (χ3v) is 8.83. The molecule has 2 bridgehead atoms.